The average Bonchev–Trinajstić information content (AvgIpc) is 2.41. The Bertz CT molecular complexity index is 766. The zero-order chi connectivity index (χ0) is 14.9. The van der Waals surface area contributed by atoms with Gasteiger partial charge in [-0.15, -0.1) is 0 Å². The van der Waals surface area contributed by atoms with E-state index in [9.17, 15) is 14.9 Å². The number of aryl methyl sites for hydroxylation is 1. The van der Waals surface area contributed by atoms with Crippen LogP contribution in [-0.2, 0) is 7.05 Å². The van der Waals surface area contributed by atoms with E-state index in [2.05, 4.69) is 5.10 Å². The smallest absolute Gasteiger partial charge is 0.277 e. The lowest BCUT2D eigenvalue weighted by molar-refractivity contribution is -0.384. The summed E-state index contributed by atoms with van der Waals surface area (Å²) in [6, 6.07) is 7.20. The minimum absolute atomic E-state index is 0.00371. The third-order valence-corrected chi connectivity index (χ3v) is 2.71. The Labute approximate surface area is 113 Å². The minimum Gasteiger partial charge on any atom is -0.384 e. The van der Waals surface area contributed by atoms with Gasteiger partial charge in [-0.1, -0.05) is 12.1 Å². The molecule has 102 valence electrons. The number of nitrogen functional groups attached to an aromatic ring is 1. The molecular weight excluding hydrogens is 262 g/mol. The quantitative estimate of drug-likeness (QED) is 0.367. The van der Waals surface area contributed by atoms with Crippen molar-refractivity contribution < 1.29 is 4.92 Å². The SMILES string of the molecule is Cn1nc(-c2cccc([N+](=O)[O-])c2)cc(C(=N)N)c1=O. The number of nitrogens with one attached hydrogen (secondary N) is 1. The number of rotatable bonds is 3. The normalized spacial score (nSPS) is 10.2. The molecule has 1 aromatic carbocycles. The number of nitro benzene ring substituents is 1. The second-order valence-electron chi connectivity index (χ2n) is 4.09. The molecular formula is C12H11N5O3. The van der Waals surface area contributed by atoms with E-state index in [0.717, 1.165) is 4.68 Å². The van der Waals surface area contributed by atoms with E-state index in [-0.39, 0.29) is 17.1 Å². The van der Waals surface area contributed by atoms with Gasteiger partial charge in [0, 0.05) is 24.7 Å². The average molecular weight is 273 g/mol. The summed E-state index contributed by atoms with van der Waals surface area (Å²) >= 11 is 0. The zero-order valence-corrected chi connectivity index (χ0v) is 10.5. The van der Waals surface area contributed by atoms with Crippen molar-refractivity contribution in [1.82, 2.24) is 9.78 Å². The number of hydrogen-bond acceptors (Lipinski definition) is 5. The van der Waals surface area contributed by atoms with Gasteiger partial charge >= 0.3 is 0 Å². The Morgan fingerprint density at radius 2 is 2.15 bits per heavy atom. The van der Waals surface area contributed by atoms with E-state index in [0.29, 0.717) is 11.3 Å². The molecule has 1 heterocycles. The summed E-state index contributed by atoms with van der Waals surface area (Å²) in [6.07, 6.45) is 0. The summed E-state index contributed by atoms with van der Waals surface area (Å²) in [5.41, 5.74) is 5.58. The highest BCUT2D eigenvalue weighted by Gasteiger charge is 2.12. The van der Waals surface area contributed by atoms with Crippen LogP contribution in [-0.4, -0.2) is 20.5 Å². The standard InChI is InChI=1S/C12H11N5O3/c1-16-12(18)9(11(13)14)6-10(15-16)7-3-2-4-8(5-7)17(19)20/h2-6H,1H3,(H3,13,14). The van der Waals surface area contributed by atoms with Crippen molar-refractivity contribution >= 4 is 11.5 Å². The Hall–Kier alpha value is -3.03. The number of aromatic nitrogens is 2. The molecule has 0 radical (unpaired) electrons. The lowest BCUT2D eigenvalue weighted by atomic mass is 10.1. The second-order valence-corrected chi connectivity index (χ2v) is 4.09. The molecule has 0 bridgehead atoms. The molecule has 1 aromatic heterocycles. The number of nitro groups is 1. The van der Waals surface area contributed by atoms with Crippen LogP contribution in [0.4, 0.5) is 5.69 Å². The van der Waals surface area contributed by atoms with E-state index in [1.54, 1.807) is 6.07 Å². The largest absolute Gasteiger partial charge is 0.384 e. The topological polar surface area (TPSA) is 128 Å². The van der Waals surface area contributed by atoms with Gasteiger partial charge in [0.2, 0.25) is 0 Å². The van der Waals surface area contributed by atoms with Gasteiger partial charge in [-0.25, -0.2) is 4.68 Å². The lowest BCUT2D eigenvalue weighted by Crippen LogP contribution is -2.29. The van der Waals surface area contributed by atoms with Gasteiger partial charge in [0.25, 0.3) is 11.2 Å². The van der Waals surface area contributed by atoms with Gasteiger partial charge < -0.3 is 5.73 Å². The first kappa shape index (κ1) is 13.4. The maximum Gasteiger partial charge on any atom is 0.277 e. The highest BCUT2D eigenvalue weighted by molar-refractivity contribution is 5.95. The molecule has 2 aromatic rings. The maximum absolute atomic E-state index is 11.7. The van der Waals surface area contributed by atoms with Crippen LogP contribution in [0.3, 0.4) is 0 Å². The van der Waals surface area contributed by atoms with E-state index >= 15 is 0 Å². The van der Waals surface area contributed by atoms with Crippen molar-refractivity contribution in [2.75, 3.05) is 0 Å². The fourth-order valence-corrected chi connectivity index (χ4v) is 1.72. The van der Waals surface area contributed by atoms with Gasteiger partial charge in [0.05, 0.1) is 16.2 Å². The van der Waals surface area contributed by atoms with Crippen LogP contribution in [0.25, 0.3) is 11.3 Å². The second kappa shape index (κ2) is 4.92. The monoisotopic (exact) mass is 273 g/mol. The number of nitrogens with two attached hydrogens (primary N) is 1. The van der Waals surface area contributed by atoms with Crippen molar-refractivity contribution in [2.24, 2.45) is 12.8 Å². The predicted octanol–water partition coefficient (Wildman–Crippen LogP) is 0.640. The number of non-ortho nitro benzene ring substituents is 1. The van der Waals surface area contributed by atoms with Crippen LogP contribution in [0.1, 0.15) is 5.56 Å². The highest BCUT2D eigenvalue weighted by Crippen LogP contribution is 2.21. The van der Waals surface area contributed by atoms with Crippen LogP contribution < -0.4 is 11.3 Å². The fraction of sp³-hybridized carbons (Fsp3) is 0.0833. The van der Waals surface area contributed by atoms with Gasteiger partial charge in [-0.2, -0.15) is 5.10 Å². The summed E-state index contributed by atoms with van der Waals surface area (Å²) < 4.78 is 1.05. The van der Waals surface area contributed by atoms with E-state index in [1.165, 1.54) is 31.3 Å². The van der Waals surface area contributed by atoms with Crippen molar-refractivity contribution in [3.63, 3.8) is 0 Å². The maximum atomic E-state index is 11.7. The molecule has 20 heavy (non-hydrogen) atoms. The molecule has 0 amide bonds. The van der Waals surface area contributed by atoms with Crippen LogP contribution in [0.2, 0.25) is 0 Å². The summed E-state index contributed by atoms with van der Waals surface area (Å²) in [7, 11) is 1.43. The zero-order valence-electron chi connectivity index (χ0n) is 10.5. The van der Waals surface area contributed by atoms with Crippen LogP contribution in [0.15, 0.2) is 35.1 Å². The number of amidine groups is 1. The first-order valence-electron chi connectivity index (χ1n) is 5.57. The first-order valence-corrected chi connectivity index (χ1v) is 5.57. The molecule has 0 atom stereocenters. The molecule has 0 spiro atoms. The predicted molar refractivity (Wildman–Crippen MR) is 72.6 cm³/mol. The number of nitrogens with zero attached hydrogens (tertiary/aromatic N) is 3. The summed E-state index contributed by atoms with van der Waals surface area (Å²) in [5, 5.41) is 22.1. The minimum atomic E-state index is -0.517. The van der Waals surface area contributed by atoms with Crippen molar-refractivity contribution in [3.05, 3.63) is 56.4 Å². The summed E-state index contributed by atoms with van der Waals surface area (Å²) in [5.74, 6) is -0.375. The Morgan fingerprint density at radius 1 is 1.45 bits per heavy atom. The van der Waals surface area contributed by atoms with Crippen LogP contribution in [0, 0.1) is 15.5 Å². The molecule has 0 aliphatic rings. The molecule has 0 aliphatic heterocycles. The summed E-state index contributed by atoms with van der Waals surface area (Å²) in [6.45, 7) is 0. The Kier molecular flexibility index (Phi) is 3.30. The van der Waals surface area contributed by atoms with Crippen LogP contribution in [0.5, 0.6) is 0 Å². The molecule has 0 fully saturated rings. The molecule has 0 saturated carbocycles. The Balaban J connectivity index is 2.64. The fourth-order valence-electron chi connectivity index (χ4n) is 1.72. The Morgan fingerprint density at radius 3 is 2.75 bits per heavy atom. The molecule has 3 N–H and O–H groups in total. The molecule has 8 nitrogen and oxygen atoms in total. The molecule has 0 unspecified atom stereocenters. The number of benzene rings is 1. The molecule has 2 rings (SSSR count). The van der Waals surface area contributed by atoms with E-state index in [1.807, 2.05) is 0 Å². The van der Waals surface area contributed by atoms with Gasteiger partial charge in [-0.05, 0) is 6.07 Å². The van der Waals surface area contributed by atoms with Gasteiger partial charge in [-0.3, -0.25) is 20.3 Å². The molecule has 0 aliphatic carbocycles. The molecule has 8 heteroatoms. The van der Waals surface area contributed by atoms with Gasteiger partial charge in [0.1, 0.15) is 5.84 Å². The van der Waals surface area contributed by atoms with Gasteiger partial charge in [0.15, 0.2) is 0 Å². The third-order valence-electron chi connectivity index (χ3n) is 2.71. The van der Waals surface area contributed by atoms with Crippen LogP contribution >= 0.6 is 0 Å². The van der Waals surface area contributed by atoms with Crippen molar-refractivity contribution in [1.29, 1.82) is 5.41 Å². The van der Waals surface area contributed by atoms with Crippen molar-refractivity contribution in [3.8, 4) is 11.3 Å². The summed E-state index contributed by atoms with van der Waals surface area (Å²) in [4.78, 5) is 22.0. The van der Waals surface area contributed by atoms with E-state index < -0.39 is 10.5 Å². The molecule has 0 saturated heterocycles. The lowest BCUT2D eigenvalue weighted by Gasteiger charge is -2.06. The third kappa shape index (κ3) is 2.39. The number of hydrogen-bond donors (Lipinski definition) is 2. The highest BCUT2D eigenvalue weighted by atomic mass is 16.6. The van der Waals surface area contributed by atoms with Crippen molar-refractivity contribution in [2.45, 2.75) is 0 Å². The van der Waals surface area contributed by atoms with E-state index in [4.69, 9.17) is 11.1 Å². The first-order chi connectivity index (χ1) is 9.40.